The van der Waals surface area contributed by atoms with Gasteiger partial charge in [-0.05, 0) is 37.7 Å². The summed E-state index contributed by atoms with van der Waals surface area (Å²) < 4.78 is 0. The minimum absolute atomic E-state index is 0.0697. The molecule has 0 aromatic heterocycles. The van der Waals surface area contributed by atoms with Crippen LogP contribution in [0.25, 0.3) is 0 Å². The molecule has 0 spiro atoms. The summed E-state index contributed by atoms with van der Waals surface area (Å²) in [5.74, 6) is -2.42. The van der Waals surface area contributed by atoms with Gasteiger partial charge in [0.2, 0.25) is 17.7 Å². The van der Waals surface area contributed by atoms with E-state index in [1.165, 1.54) is 18.7 Å². The van der Waals surface area contributed by atoms with Gasteiger partial charge in [0.05, 0.1) is 12.6 Å². The van der Waals surface area contributed by atoms with Gasteiger partial charge in [-0.2, -0.15) is 11.8 Å². The summed E-state index contributed by atoms with van der Waals surface area (Å²) >= 11 is 1.47. The first-order valence-corrected chi connectivity index (χ1v) is 10.4. The SMILES string of the molecule is CSCCC(NC(=O)C(N)C(C)O)C(=O)NCC(=O)NC(CC(C)C)C(=O)O. The summed E-state index contributed by atoms with van der Waals surface area (Å²) in [4.78, 5) is 47.5. The Labute approximate surface area is 169 Å². The van der Waals surface area contributed by atoms with E-state index in [1.54, 1.807) is 0 Å². The lowest BCUT2D eigenvalue weighted by molar-refractivity contribution is -0.142. The molecular formula is C17H32N4O6S. The average molecular weight is 421 g/mol. The number of aliphatic hydroxyl groups is 1. The lowest BCUT2D eigenvalue weighted by Crippen LogP contribution is -2.55. The maximum absolute atomic E-state index is 12.3. The second kappa shape index (κ2) is 13.3. The number of carboxylic acids is 1. The predicted molar refractivity (Wildman–Crippen MR) is 107 cm³/mol. The van der Waals surface area contributed by atoms with Crippen LogP contribution in [0.1, 0.15) is 33.6 Å². The van der Waals surface area contributed by atoms with Crippen LogP contribution in [0.15, 0.2) is 0 Å². The summed E-state index contributed by atoms with van der Waals surface area (Å²) in [6, 6.07) is -3.15. The smallest absolute Gasteiger partial charge is 0.326 e. The van der Waals surface area contributed by atoms with E-state index in [4.69, 9.17) is 10.8 Å². The fourth-order valence-corrected chi connectivity index (χ4v) is 2.69. The highest BCUT2D eigenvalue weighted by Crippen LogP contribution is 2.05. The minimum atomic E-state index is -1.18. The number of nitrogens with two attached hydrogens (primary N) is 1. The van der Waals surface area contributed by atoms with Crippen molar-refractivity contribution in [2.24, 2.45) is 11.7 Å². The van der Waals surface area contributed by atoms with Crippen LogP contribution in [0.2, 0.25) is 0 Å². The first-order valence-electron chi connectivity index (χ1n) is 9.02. The third-order valence-electron chi connectivity index (χ3n) is 3.83. The van der Waals surface area contributed by atoms with Crippen molar-refractivity contribution in [1.82, 2.24) is 16.0 Å². The quantitative estimate of drug-likeness (QED) is 0.213. The molecule has 0 aromatic rings. The maximum Gasteiger partial charge on any atom is 0.326 e. The topological polar surface area (TPSA) is 171 Å². The highest BCUT2D eigenvalue weighted by Gasteiger charge is 2.26. The van der Waals surface area contributed by atoms with Crippen LogP contribution in [0.4, 0.5) is 0 Å². The monoisotopic (exact) mass is 420 g/mol. The fourth-order valence-electron chi connectivity index (χ4n) is 2.22. The number of amides is 3. The zero-order valence-electron chi connectivity index (χ0n) is 16.7. The summed E-state index contributed by atoms with van der Waals surface area (Å²) in [6.07, 6.45) is 1.33. The molecule has 0 aliphatic rings. The van der Waals surface area contributed by atoms with Crippen LogP contribution in [-0.2, 0) is 19.2 Å². The van der Waals surface area contributed by atoms with E-state index in [0.29, 0.717) is 12.2 Å². The molecule has 4 unspecified atom stereocenters. The molecule has 0 radical (unpaired) electrons. The van der Waals surface area contributed by atoms with Gasteiger partial charge in [-0.25, -0.2) is 4.79 Å². The van der Waals surface area contributed by atoms with Crippen molar-refractivity contribution < 1.29 is 29.4 Å². The number of hydrogen-bond acceptors (Lipinski definition) is 7. The molecule has 10 nitrogen and oxygen atoms in total. The Morgan fingerprint density at radius 3 is 2.11 bits per heavy atom. The minimum Gasteiger partial charge on any atom is -0.480 e. The zero-order valence-corrected chi connectivity index (χ0v) is 17.5. The molecule has 3 amide bonds. The van der Waals surface area contributed by atoms with E-state index in [2.05, 4.69) is 16.0 Å². The normalized spacial score (nSPS) is 15.2. The lowest BCUT2D eigenvalue weighted by atomic mass is 10.0. The molecule has 0 bridgehead atoms. The third kappa shape index (κ3) is 10.5. The van der Waals surface area contributed by atoms with Crippen molar-refractivity contribution >= 4 is 35.5 Å². The van der Waals surface area contributed by atoms with Crippen molar-refractivity contribution in [3.8, 4) is 0 Å². The largest absolute Gasteiger partial charge is 0.480 e. The number of carboxylic acid groups (broad SMARTS) is 1. The molecule has 0 aromatic carbocycles. The third-order valence-corrected chi connectivity index (χ3v) is 4.47. The van der Waals surface area contributed by atoms with Crippen molar-refractivity contribution in [1.29, 1.82) is 0 Å². The number of thioether (sulfide) groups is 1. The van der Waals surface area contributed by atoms with Crippen LogP contribution in [0.5, 0.6) is 0 Å². The number of hydrogen-bond donors (Lipinski definition) is 6. The van der Waals surface area contributed by atoms with Gasteiger partial charge in [-0.3, -0.25) is 14.4 Å². The Morgan fingerprint density at radius 1 is 1.04 bits per heavy atom. The summed E-state index contributed by atoms with van der Waals surface area (Å²) in [5, 5.41) is 25.8. The van der Waals surface area contributed by atoms with Gasteiger partial charge in [-0.1, -0.05) is 13.8 Å². The van der Waals surface area contributed by atoms with Crippen LogP contribution in [0.3, 0.4) is 0 Å². The van der Waals surface area contributed by atoms with Crippen LogP contribution < -0.4 is 21.7 Å². The molecule has 28 heavy (non-hydrogen) atoms. The molecule has 0 rings (SSSR count). The zero-order chi connectivity index (χ0) is 21.9. The van der Waals surface area contributed by atoms with Gasteiger partial charge >= 0.3 is 5.97 Å². The average Bonchev–Trinajstić information content (AvgIpc) is 2.60. The molecule has 0 aliphatic carbocycles. The lowest BCUT2D eigenvalue weighted by Gasteiger charge is -2.22. The standard InChI is InChI=1S/C17H32N4O6S/c1-9(2)7-12(17(26)27)20-13(23)8-19-15(24)11(5-6-28-4)21-16(25)14(18)10(3)22/h9-12,14,22H,5-8,18H2,1-4H3,(H,19,24)(H,20,23)(H,21,25)(H,26,27). The van der Waals surface area contributed by atoms with Crippen molar-refractivity contribution in [3.63, 3.8) is 0 Å². The summed E-state index contributed by atoms with van der Waals surface area (Å²) in [5.41, 5.74) is 5.56. The summed E-state index contributed by atoms with van der Waals surface area (Å²) in [7, 11) is 0. The van der Waals surface area contributed by atoms with E-state index < -0.39 is 54.5 Å². The first-order chi connectivity index (χ1) is 13.0. The molecule has 162 valence electrons. The molecule has 11 heteroatoms. The van der Waals surface area contributed by atoms with Crippen molar-refractivity contribution in [2.45, 2.75) is 57.8 Å². The van der Waals surface area contributed by atoms with E-state index in [9.17, 15) is 24.3 Å². The molecular weight excluding hydrogens is 388 g/mol. The highest BCUT2D eigenvalue weighted by molar-refractivity contribution is 7.98. The number of carbonyl (C=O) groups is 4. The Balaban J connectivity index is 4.78. The number of carbonyl (C=O) groups excluding carboxylic acids is 3. The predicted octanol–water partition coefficient (Wildman–Crippen LogP) is -1.34. The maximum atomic E-state index is 12.3. The van der Waals surface area contributed by atoms with Crippen LogP contribution in [0, 0.1) is 5.92 Å². The molecule has 0 saturated carbocycles. The van der Waals surface area contributed by atoms with Crippen molar-refractivity contribution in [2.75, 3.05) is 18.6 Å². The molecule has 0 saturated heterocycles. The Morgan fingerprint density at radius 2 is 1.64 bits per heavy atom. The number of aliphatic carboxylic acids is 1. The van der Waals surface area contributed by atoms with E-state index in [-0.39, 0.29) is 12.3 Å². The number of rotatable bonds is 13. The van der Waals surface area contributed by atoms with Crippen LogP contribution >= 0.6 is 11.8 Å². The molecule has 7 N–H and O–H groups in total. The van der Waals surface area contributed by atoms with Gasteiger partial charge in [0.25, 0.3) is 0 Å². The molecule has 0 fully saturated rings. The number of nitrogens with one attached hydrogen (secondary N) is 3. The Bertz CT molecular complexity index is 544. The fraction of sp³-hybridized carbons (Fsp3) is 0.765. The van der Waals surface area contributed by atoms with E-state index >= 15 is 0 Å². The van der Waals surface area contributed by atoms with Crippen LogP contribution in [-0.4, -0.2) is 76.7 Å². The second-order valence-corrected chi connectivity index (χ2v) is 7.90. The second-order valence-electron chi connectivity index (χ2n) is 6.91. The van der Waals surface area contributed by atoms with Gasteiger partial charge in [0.1, 0.15) is 18.1 Å². The van der Waals surface area contributed by atoms with Gasteiger partial charge in [-0.15, -0.1) is 0 Å². The Kier molecular flexibility index (Phi) is 12.5. The molecule has 4 atom stereocenters. The summed E-state index contributed by atoms with van der Waals surface area (Å²) in [6.45, 7) is 4.61. The first kappa shape index (κ1) is 26.1. The van der Waals surface area contributed by atoms with Gasteiger partial charge in [0.15, 0.2) is 0 Å². The van der Waals surface area contributed by atoms with Gasteiger partial charge in [0, 0.05) is 0 Å². The highest BCUT2D eigenvalue weighted by atomic mass is 32.2. The molecule has 0 heterocycles. The van der Waals surface area contributed by atoms with E-state index in [0.717, 1.165) is 0 Å². The molecule has 0 aliphatic heterocycles. The van der Waals surface area contributed by atoms with E-state index in [1.807, 2.05) is 20.1 Å². The number of aliphatic hydroxyl groups excluding tert-OH is 1. The van der Waals surface area contributed by atoms with Gasteiger partial charge < -0.3 is 31.9 Å². The van der Waals surface area contributed by atoms with Crippen molar-refractivity contribution in [3.05, 3.63) is 0 Å². The Hall–Kier alpha value is -1.85.